The lowest BCUT2D eigenvalue weighted by Gasteiger charge is -2.05. The van der Waals surface area contributed by atoms with E-state index in [1.807, 2.05) is 36.4 Å². The van der Waals surface area contributed by atoms with Gasteiger partial charge in [0.05, 0.1) is 12.8 Å². The van der Waals surface area contributed by atoms with Crippen LogP contribution < -0.4 is 5.32 Å². The number of anilines is 1. The fourth-order valence-corrected chi connectivity index (χ4v) is 1.52. The van der Waals surface area contributed by atoms with E-state index >= 15 is 0 Å². The molecule has 0 aliphatic rings. The second-order valence-electron chi connectivity index (χ2n) is 3.60. The molecule has 16 heavy (non-hydrogen) atoms. The van der Waals surface area contributed by atoms with Gasteiger partial charge >= 0.3 is 0 Å². The summed E-state index contributed by atoms with van der Waals surface area (Å²) >= 11 is 0. The first-order chi connectivity index (χ1) is 7.88. The van der Waals surface area contributed by atoms with Crippen LogP contribution in [0.25, 0.3) is 0 Å². The molecule has 0 amide bonds. The molecule has 0 bridgehead atoms. The van der Waals surface area contributed by atoms with E-state index in [2.05, 4.69) is 5.32 Å². The smallest absolute Gasteiger partial charge is 0.122 e. The molecule has 3 heteroatoms. The normalized spacial score (nSPS) is 10.3. The minimum absolute atomic E-state index is 0.194. The lowest BCUT2D eigenvalue weighted by Crippen LogP contribution is -1.98. The highest BCUT2D eigenvalue weighted by Gasteiger charge is 1.96. The average molecular weight is 217 g/mol. The molecule has 0 radical (unpaired) electrons. The molecule has 0 atom stereocenters. The van der Waals surface area contributed by atoms with Gasteiger partial charge in [0.15, 0.2) is 0 Å². The highest BCUT2D eigenvalue weighted by atomic mass is 16.3. The van der Waals surface area contributed by atoms with Gasteiger partial charge in [0, 0.05) is 12.3 Å². The van der Waals surface area contributed by atoms with Crippen LogP contribution in [0.1, 0.15) is 11.3 Å². The Kier molecular flexibility index (Phi) is 3.62. The Bertz CT molecular complexity index is 406. The Morgan fingerprint density at radius 1 is 1.12 bits per heavy atom. The first kappa shape index (κ1) is 10.8. The second-order valence-corrected chi connectivity index (χ2v) is 3.60. The molecule has 0 saturated carbocycles. The van der Waals surface area contributed by atoms with E-state index in [0.717, 1.165) is 17.0 Å². The number of hydrogen-bond donors (Lipinski definition) is 2. The number of furan rings is 1. The zero-order valence-electron chi connectivity index (χ0n) is 9.02. The van der Waals surface area contributed by atoms with Crippen LogP contribution in [-0.2, 0) is 13.0 Å². The second kappa shape index (κ2) is 5.37. The molecule has 2 N–H and O–H groups in total. The number of nitrogens with one attached hydrogen (secondary N) is 1. The van der Waals surface area contributed by atoms with Crippen molar-refractivity contribution in [2.45, 2.75) is 13.0 Å². The van der Waals surface area contributed by atoms with Crippen molar-refractivity contribution in [3.05, 3.63) is 54.0 Å². The molecule has 0 unspecified atom stereocenters. The molecule has 0 saturated heterocycles. The highest BCUT2D eigenvalue weighted by Crippen LogP contribution is 2.11. The summed E-state index contributed by atoms with van der Waals surface area (Å²) in [5.41, 5.74) is 2.20. The summed E-state index contributed by atoms with van der Waals surface area (Å²) in [6, 6.07) is 11.9. The van der Waals surface area contributed by atoms with Crippen LogP contribution >= 0.6 is 0 Å². The lowest BCUT2D eigenvalue weighted by molar-refractivity contribution is 0.299. The van der Waals surface area contributed by atoms with Gasteiger partial charge in [-0.3, -0.25) is 0 Å². The Balaban J connectivity index is 1.90. The maximum Gasteiger partial charge on any atom is 0.122 e. The predicted molar refractivity (Wildman–Crippen MR) is 63.3 cm³/mol. The van der Waals surface area contributed by atoms with E-state index in [1.54, 1.807) is 6.26 Å². The molecule has 2 rings (SSSR count). The molecule has 1 aromatic heterocycles. The SMILES string of the molecule is OCCc1ccc(NCc2ccco2)cc1. The first-order valence-corrected chi connectivity index (χ1v) is 5.34. The molecular weight excluding hydrogens is 202 g/mol. The highest BCUT2D eigenvalue weighted by molar-refractivity contribution is 5.44. The zero-order chi connectivity index (χ0) is 11.2. The summed E-state index contributed by atoms with van der Waals surface area (Å²) < 4.78 is 5.22. The lowest BCUT2D eigenvalue weighted by atomic mass is 10.1. The molecule has 0 spiro atoms. The minimum atomic E-state index is 0.194. The number of hydrogen-bond acceptors (Lipinski definition) is 3. The Morgan fingerprint density at radius 2 is 1.94 bits per heavy atom. The number of aliphatic hydroxyl groups excluding tert-OH is 1. The summed E-state index contributed by atoms with van der Waals surface area (Å²) in [6.45, 7) is 0.880. The molecule has 0 aliphatic heterocycles. The summed E-state index contributed by atoms with van der Waals surface area (Å²) in [4.78, 5) is 0. The molecule has 3 nitrogen and oxygen atoms in total. The average Bonchev–Trinajstić information content (AvgIpc) is 2.82. The van der Waals surface area contributed by atoms with E-state index in [4.69, 9.17) is 9.52 Å². The molecule has 2 aromatic rings. The molecule has 84 valence electrons. The summed E-state index contributed by atoms with van der Waals surface area (Å²) in [7, 11) is 0. The standard InChI is InChI=1S/C13H15NO2/c15-8-7-11-3-5-12(6-4-11)14-10-13-2-1-9-16-13/h1-6,9,14-15H,7-8,10H2. The fraction of sp³-hybridized carbons (Fsp3) is 0.231. The zero-order valence-corrected chi connectivity index (χ0v) is 9.02. The van der Waals surface area contributed by atoms with Gasteiger partial charge in [0.1, 0.15) is 5.76 Å². The van der Waals surface area contributed by atoms with Crippen molar-refractivity contribution in [1.82, 2.24) is 0 Å². The van der Waals surface area contributed by atoms with Crippen LogP contribution in [0, 0.1) is 0 Å². The van der Waals surface area contributed by atoms with Crippen molar-refractivity contribution >= 4 is 5.69 Å². The largest absolute Gasteiger partial charge is 0.467 e. The van der Waals surface area contributed by atoms with Crippen LogP contribution in [-0.4, -0.2) is 11.7 Å². The van der Waals surface area contributed by atoms with Crippen LogP contribution in [0.2, 0.25) is 0 Å². The van der Waals surface area contributed by atoms with Gasteiger partial charge in [0.2, 0.25) is 0 Å². The topological polar surface area (TPSA) is 45.4 Å². The third-order valence-electron chi connectivity index (χ3n) is 2.40. The van der Waals surface area contributed by atoms with E-state index in [0.29, 0.717) is 13.0 Å². The van der Waals surface area contributed by atoms with Gasteiger partial charge < -0.3 is 14.8 Å². The van der Waals surface area contributed by atoms with Crippen LogP contribution in [0.3, 0.4) is 0 Å². The van der Waals surface area contributed by atoms with Gasteiger partial charge in [-0.2, -0.15) is 0 Å². The Labute approximate surface area is 94.7 Å². The third-order valence-corrected chi connectivity index (χ3v) is 2.40. The maximum atomic E-state index is 8.79. The van der Waals surface area contributed by atoms with E-state index < -0.39 is 0 Å². The summed E-state index contributed by atoms with van der Waals surface area (Å²) in [6.07, 6.45) is 2.37. The van der Waals surface area contributed by atoms with Crippen LogP contribution in [0.4, 0.5) is 5.69 Å². The van der Waals surface area contributed by atoms with Gasteiger partial charge in [-0.05, 0) is 36.2 Å². The van der Waals surface area contributed by atoms with Crippen molar-refractivity contribution in [2.24, 2.45) is 0 Å². The van der Waals surface area contributed by atoms with Crippen LogP contribution in [0.5, 0.6) is 0 Å². The van der Waals surface area contributed by atoms with Crippen molar-refractivity contribution < 1.29 is 9.52 Å². The summed E-state index contributed by atoms with van der Waals surface area (Å²) in [5, 5.41) is 12.0. The maximum absolute atomic E-state index is 8.79. The van der Waals surface area contributed by atoms with Gasteiger partial charge in [-0.1, -0.05) is 12.1 Å². The van der Waals surface area contributed by atoms with E-state index in [-0.39, 0.29) is 6.61 Å². The monoisotopic (exact) mass is 217 g/mol. The van der Waals surface area contributed by atoms with Gasteiger partial charge in [-0.25, -0.2) is 0 Å². The Hall–Kier alpha value is -1.74. The van der Waals surface area contributed by atoms with Crippen molar-refractivity contribution in [1.29, 1.82) is 0 Å². The van der Waals surface area contributed by atoms with Gasteiger partial charge in [0.25, 0.3) is 0 Å². The van der Waals surface area contributed by atoms with E-state index in [9.17, 15) is 0 Å². The van der Waals surface area contributed by atoms with Crippen molar-refractivity contribution in [3.63, 3.8) is 0 Å². The quantitative estimate of drug-likeness (QED) is 0.808. The molecule has 1 heterocycles. The molecule has 0 fully saturated rings. The minimum Gasteiger partial charge on any atom is -0.467 e. The predicted octanol–water partition coefficient (Wildman–Crippen LogP) is 2.43. The first-order valence-electron chi connectivity index (χ1n) is 5.34. The number of aliphatic hydroxyl groups is 1. The fourth-order valence-electron chi connectivity index (χ4n) is 1.52. The van der Waals surface area contributed by atoms with E-state index in [1.165, 1.54) is 0 Å². The molecular formula is C13H15NO2. The van der Waals surface area contributed by atoms with Gasteiger partial charge in [-0.15, -0.1) is 0 Å². The van der Waals surface area contributed by atoms with Crippen LogP contribution in [0.15, 0.2) is 47.1 Å². The number of rotatable bonds is 5. The number of benzene rings is 1. The van der Waals surface area contributed by atoms with Crippen molar-refractivity contribution in [2.75, 3.05) is 11.9 Å². The Morgan fingerprint density at radius 3 is 2.56 bits per heavy atom. The third kappa shape index (κ3) is 2.87. The molecule has 1 aromatic carbocycles. The molecule has 0 aliphatic carbocycles. The summed E-state index contributed by atoms with van der Waals surface area (Å²) in [5.74, 6) is 0.916. The van der Waals surface area contributed by atoms with Crippen molar-refractivity contribution in [3.8, 4) is 0 Å².